The normalized spacial score (nSPS) is 22.2. The first-order valence-corrected chi connectivity index (χ1v) is 7.54. The number of nitriles is 1. The summed E-state index contributed by atoms with van der Waals surface area (Å²) in [6.07, 6.45) is 6.51. The molecule has 0 aliphatic heterocycles. The highest BCUT2D eigenvalue weighted by Crippen LogP contribution is 2.26. The molecule has 0 bridgehead atoms. The summed E-state index contributed by atoms with van der Waals surface area (Å²) in [7, 11) is 0. The molecule has 1 aliphatic rings. The second kappa shape index (κ2) is 7.91. The van der Waals surface area contributed by atoms with E-state index in [-0.39, 0.29) is 0 Å². The van der Waals surface area contributed by atoms with Crippen molar-refractivity contribution in [2.75, 3.05) is 13.2 Å². The van der Waals surface area contributed by atoms with Crippen LogP contribution in [0.2, 0.25) is 0 Å². The van der Waals surface area contributed by atoms with Gasteiger partial charge in [-0.05, 0) is 43.0 Å². The minimum Gasteiger partial charge on any atom is -0.494 e. The molecule has 1 aliphatic carbocycles. The third kappa shape index (κ3) is 4.54. The molecule has 108 valence electrons. The lowest BCUT2D eigenvalue weighted by Crippen LogP contribution is -2.26. The summed E-state index contributed by atoms with van der Waals surface area (Å²) in [4.78, 5) is 0. The van der Waals surface area contributed by atoms with Crippen LogP contribution in [0, 0.1) is 17.2 Å². The van der Waals surface area contributed by atoms with Crippen LogP contribution < -0.4 is 4.74 Å². The van der Waals surface area contributed by atoms with Crippen molar-refractivity contribution in [1.29, 1.82) is 5.26 Å². The van der Waals surface area contributed by atoms with Gasteiger partial charge in [-0.25, -0.2) is 0 Å². The molecule has 20 heavy (non-hydrogen) atoms. The molecule has 0 amide bonds. The van der Waals surface area contributed by atoms with Crippen LogP contribution in [0.4, 0.5) is 0 Å². The van der Waals surface area contributed by atoms with Gasteiger partial charge in [0.1, 0.15) is 5.75 Å². The maximum atomic E-state index is 8.71. The van der Waals surface area contributed by atoms with Crippen LogP contribution in [0.25, 0.3) is 0 Å². The molecule has 1 saturated carbocycles. The van der Waals surface area contributed by atoms with Gasteiger partial charge < -0.3 is 9.47 Å². The first kappa shape index (κ1) is 14.9. The Morgan fingerprint density at radius 2 is 1.90 bits per heavy atom. The SMILES string of the molecule is CC1CCCCC1OCCCOc1ccc(C#N)cc1. The summed E-state index contributed by atoms with van der Waals surface area (Å²) in [6.45, 7) is 3.72. The summed E-state index contributed by atoms with van der Waals surface area (Å²) < 4.78 is 11.6. The van der Waals surface area contributed by atoms with Gasteiger partial charge in [0.25, 0.3) is 0 Å². The number of ether oxygens (including phenoxy) is 2. The van der Waals surface area contributed by atoms with Crippen LogP contribution in [0.5, 0.6) is 5.75 Å². The summed E-state index contributed by atoms with van der Waals surface area (Å²) in [5.74, 6) is 1.51. The van der Waals surface area contributed by atoms with Crippen molar-refractivity contribution in [3.63, 3.8) is 0 Å². The van der Waals surface area contributed by atoms with Crippen LogP contribution in [0.1, 0.15) is 44.6 Å². The molecular weight excluding hydrogens is 250 g/mol. The smallest absolute Gasteiger partial charge is 0.119 e. The Morgan fingerprint density at radius 1 is 1.15 bits per heavy atom. The van der Waals surface area contributed by atoms with E-state index >= 15 is 0 Å². The quantitative estimate of drug-likeness (QED) is 0.738. The van der Waals surface area contributed by atoms with E-state index in [0.29, 0.717) is 24.2 Å². The molecule has 2 atom stereocenters. The second-order valence-electron chi connectivity index (χ2n) is 5.51. The van der Waals surface area contributed by atoms with Crippen molar-refractivity contribution in [2.24, 2.45) is 5.92 Å². The molecule has 2 unspecified atom stereocenters. The monoisotopic (exact) mass is 273 g/mol. The Bertz CT molecular complexity index is 435. The summed E-state index contributed by atoms with van der Waals surface area (Å²) in [6, 6.07) is 9.31. The van der Waals surface area contributed by atoms with Crippen molar-refractivity contribution in [3.05, 3.63) is 29.8 Å². The first-order valence-electron chi connectivity index (χ1n) is 7.54. The lowest BCUT2D eigenvalue weighted by Gasteiger charge is -2.28. The van der Waals surface area contributed by atoms with E-state index in [9.17, 15) is 0 Å². The predicted molar refractivity (Wildman–Crippen MR) is 78.6 cm³/mol. The maximum absolute atomic E-state index is 8.71. The molecule has 1 aromatic rings. The number of rotatable bonds is 6. The molecule has 0 spiro atoms. The van der Waals surface area contributed by atoms with E-state index < -0.39 is 0 Å². The molecule has 0 saturated heterocycles. The molecule has 1 fully saturated rings. The minimum absolute atomic E-state index is 0.443. The number of hydrogen-bond donors (Lipinski definition) is 0. The number of nitrogens with zero attached hydrogens (tertiary/aromatic N) is 1. The molecule has 0 heterocycles. The van der Waals surface area contributed by atoms with Crippen LogP contribution in [0.15, 0.2) is 24.3 Å². The van der Waals surface area contributed by atoms with Gasteiger partial charge in [0.05, 0.1) is 31.0 Å². The van der Waals surface area contributed by atoms with E-state index in [1.807, 2.05) is 12.1 Å². The van der Waals surface area contributed by atoms with Gasteiger partial charge in [-0.15, -0.1) is 0 Å². The molecule has 3 nitrogen and oxygen atoms in total. The average Bonchev–Trinajstić information content (AvgIpc) is 2.49. The standard InChI is InChI=1S/C17H23NO2/c1-14-5-2-3-6-17(14)20-12-4-11-19-16-9-7-15(13-18)8-10-16/h7-10,14,17H,2-6,11-12H2,1H3. The fourth-order valence-corrected chi connectivity index (χ4v) is 2.64. The summed E-state index contributed by atoms with van der Waals surface area (Å²) in [5.41, 5.74) is 0.659. The molecule has 0 aromatic heterocycles. The van der Waals surface area contributed by atoms with Crippen LogP contribution in [-0.4, -0.2) is 19.3 Å². The third-order valence-electron chi connectivity index (χ3n) is 3.91. The molecule has 0 radical (unpaired) electrons. The third-order valence-corrected chi connectivity index (χ3v) is 3.91. The summed E-state index contributed by atoms with van der Waals surface area (Å²) >= 11 is 0. The largest absolute Gasteiger partial charge is 0.494 e. The van der Waals surface area contributed by atoms with Crippen molar-refractivity contribution in [2.45, 2.75) is 45.1 Å². The molecule has 1 aromatic carbocycles. The predicted octanol–water partition coefficient (Wildman–Crippen LogP) is 3.92. The van der Waals surface area contributed by atoms with E-state index in [2.05, 4.69) is 13.0 Å². The van der Waals surface area contributed by atoms with Crippen LogP contribution >= 0.6 is 0 Å². The van der Waals surface area contributed by atoms with Gasteiger partial charge in [0.2, 0.25) is 0 Å². The lowest BCUT2D eigenvalue weighted by atomic mass is 9.88. The Morgan fingerprint density at radius 3 is 2.60 bits per heavy atom. The van der Waals surface area contributed by atoms with E-state index in [0.717, 1.165) is 18.8 Å². The number of benzene rings is 1. The first-order chi connectivity index (χ1) is 9.79. The van der Waals surface area contributed by atoms with E-state index in [1.165, 1.54) is 25.7 Å². The topological polar surface area (TPSA) is 42.2 Å². The van der Waals surface area contributed by atoms with Gasteiger partial charge in [-0.2, -0.15) is 5.26 Å². The Labute approximate surface area is 121 Å². The Hall–Kier alpha value is -1.53. The highest BCUT2D eigenvalue weighted by Gasteiger charge is 2.21. The zero-order valence-electron chi connectivity index (χ0n) is 12.2. The van der Waals surface area contributed by atoms with Gasteiger partial charge in [0, 0.05) is 6.42 Å². The van der Waals surface area contributed by atoms with Gasteiger partial charge in [0.15, 0.2) is 0 Å². The van der Waals surface area contributed by atoms with Crippen LogP contribution in [-0.2, 0) is 4.74 Å². The Balaban J connectivity index is 1.60. The van der Waals surface area contributed by atoms with Gasteiger partial charge in [-0.1, -0.05) is 19.8 Å². The minimum atomic E-state index is 0.443. The van der Waals surface area contributed by atoms with Gasteiger partial charge in [-0.3, -0.25) is 0 Å². The molecule has 2 rings (SSSR count). The van der Waals surface area contributed by atoms with Crippen LogP contribution in [0.3, 0.4) is 0 Å². The number of hydrogen-bond acceptors (Lipinski definition) is 3. The lowest BCUT2D eigenvalue weighted by molar-refractivity contribution is -0.00912. The van der Waals surface area contributed by atoms with Crippen molar-refractivity contribution in [3.8, 4) is 11.8 Å². The zero-order valence-corrected chi connectivity index (χ0v) is 12.2. The van der Waals surface area contributed by atoms with E-state index in [4.69, 9.17) is 14.7 Å². The highest BCUT2D eigenvalue weighted by atomic mass is 16.5. The van der Waals surface area contributed by atoms with Crippen molar-refractivity contribution in [1.82, 2.24) is 0 Å². The van der Waals surface area contributed by atoms with Crippen molar-refractivity contribution < 1.29 is 9.47 Å². The van der Waals surface area contributed by atoms with Gasteiger partial charge >= 0.3 is 0 Å². The molecule has 0 N–H and O–H groups in total. The second-order valence-corrected chi connectivity index (χ2v) is 5.51. The average molecular weight is 273 g/mol. The zero-order chi connectivity index (χ0) is 14.2. The highest BCUT2D eigenvalue weighted by molar-refractivity contribution is 5.34. The fourth-order valence-electron chi connectivity index (χ4n) is 2.64. The maximum Gasteiger partial charge on any atom is 0.119 e. The van der Waals surface area contributed by atoms with Crippen molar-refractivity contribution >= 4 is 0 Å². The van der Waals surface area contributed by atoms with E-state index in [1.54, 1.807) is 12.1 Å². The summed E-state index contributed by atoms with van der Waals surface area (Å²) in [5, 5.41) is 8.71. The Kier molecular flexibility index (Phi) is 5.88. The molecule has 3 heteroatoms. The fraction of sp³-hybridized carbons (Fsp3) is 0.588. The molecular formula is C17H23NO2.